The summed E-state index contributed by atoms with van der Waals surface area (Å²) in [6.07, 6.45) is 2.05. The maximum Gasteiger partial charge on any atom is 0.224 e. The highest BCUT2D eigenvalue weighted by Gasteiger charge is 2.05. The molecular formula is C16H20N4O. The SMILES string of the molecule is Cc1cc(Nc2ccc(NC(=O)CC(C)C)cc2)ncn1. The van der Waals surface area contributed by atoms with Crippen molar-refractivity contribution in [2.45, 2.75) is 27.2 Å². The fourth-order valence-electron chi connectivity index (χ4n) is 1.89. The lowest BCUT2D eigenvalue weighted by molar-refractivity contribution is -0.116. The van der Waals surface area contributed by atoms with Crippen molar-refractivity contribution in [1.29, 1.82) is 0 Å². The van der Waals surface area contributed by atoms with E-state index in [9.17, 15) is 4.79 Å². The standard InChI is InChI=1S/C16H20N4O/c1-11(2)8-16(21)20-14-6-4-13(5-7-14)19-15-9-12(3)17-10-18-15/h4-7,9-11H,8H2,1-3H3,(H,20,21)(H,17,18,19). The first-order valence-electron chi connectivity index (χ1n) is 6.98. The van der Waals surface area contributed by atoms with Crippen LogP contribution in [0.4, 0.5) is 17.2 Å². The fourth-order valence-corrected chi connectivity index (χ4v) is 1.89. The van der Waals surface area contributed by atoms with E-state index in [1.807, 2.05) is 51.1 Å². The molecule has 1 amide bonds. The molecular weight excluding hydrogens is 264 g/mol. The van der Waals surface area contributed by atoms with Gasteiger partial charge < -0.3 is 10.6 Å². The number of rotatable bonds is 5. The minimum absolute atomic E-state index is 0.0390. The van der Waals surface area contributed by atoms with Gasteiger partial charge in [-0.1, -0.05) is 13.8 Å². The summed E-state index contributed by atoms with van der Waals surface area (Å²) in [5, 5.41) is 6.07. The lowest BCUT2D eigenvalue weighted by Gasteiger charge is -2.09. The summed E-state index contributed by atoms with van der Waals surface area (Å²) in [5.74, 6) is 1.14. The van der Waals surface area contributed by atoms with E-state index in [2.05, 4.69) is 20.6 Å². The van der Waals surface area contributed by atoms with Crippen LogP contribution in [0.25, 0.3) is 0 Å². The molecule has 2 rings (SSSR count). The van der Waals surface area contributed by atoms with Gasteiger partial charge in [-0.25, -0.2) is 9.97 Å². The van der Waals surface area contributed by atoms with Gasteiger partial charge in [0, 0.05) is 29.6 Å². The minimum Gasteiger partial charge on any atom is -0.340 e. The molecule has 1 aromatic heterocycles. The molecule has 2 N–H and O–H groups in total. The number of nitrogens with zero attached hydrogens (tertiary/aromatic N) is 2. The number of amides is 1. The Labute approximate surface area is 124 Å². The van der Waals surface area contributed by atoms with Crippen molar-refractivity contribution >= 4 is 23.1 Å². The predicted molar refractivity (Wildman–Crippen MR) is 84.6 cm³/mol. The average molecular weight is 284 g/mol. The second-order valence-electron chi connectivity index (χ2n) is 5.39. The third-order valence-electron chi connectivity index (χ3n) is 2.84. The Morgan fingerprint density at radius 1 is 1.14 bits per heavy atom. The molecule has 0 aliphatic carbocycles. The first-order chi connectivity index (χ1) is 10.0. The molecule has 2 aromatic rings. The van der Waals surface area contributed by atoms with Gasteiger partial charge in [0.25, 0.3) is 0 Å². The smallest absolute Gasteiger partial charge is 0.224 e. The van der Waals surface area contributed by atoms with Crippen LogP contribution in [0, 0.1) is 12.8 Å². The maximum atomic E-state index is 11.7. The first-order valence-corrected chi connectivity index (χ1v) is 6.98. The number of anilines is 3. The van der Waals surface area contributed by atoms with Crippen LogP contribution in [0.2, 0.25) is 0 Å². The van der Waals surface area contributed by atoms with Gasteiger partial charge in [-0.15, -0.1) is 0 Å². The van der Waals surface area contributed by atoms with Crippen molar-refractivity contribution in [1.82, 2.24) is 9.97 Å². The molecule has 5 nitrogen and oxygen atoms in total. The maximum absolute atomic E-state index is 11.7. The molecule has 5 heteroatoms. The van der Waals surface area contributed by atoms with Gasteiger partial charge in [-0.2, -0.15) is 0 Å². The van der Waals surface area contributed by atoms with E-state index < -0.39 is 0 Å². The summed E-state index contributed by atoms with van der Waals surface area (Å²) in [4.78, 5) is 19.9. The number of benzene rings is 1. The van der Waals surface area contributed by atoms with Crippen LogP contribution in [0.1, 0.15) is 26.0 Å². The molecule has 1 heterocycles. The van der Waals surface area contributed by atoms with Crippen LogP contribution >= 0.6 is 0 Å². The molecule has 21 heavy (non-hydrogen) atoms. The lowest BCUT2D eigenvalue weighted by Crippen LogP contribution is -2.13. The highest BCUT2D eigenvalue weighted by Crippen LogP contribution is 2.18. The molecule has 0 spiro atoms. The molecule has 0 fully saturated rings. The highest BCUT2D eigenvalue weighted by molar-refractivity contribution is 5.91. The fraction of sp³-hybridized carbons (Fsp3) is 0.312. The quantitative estimate of drug-likeness (QED) is 0.881. The zero-order chi connectivity index (χ0) is 15.2. The predicted octanol–water partition coefficient (Wildman–Crippen LogP) is 3.51. The Bertz CT molecular complexity index is 608. The van der Waals surface area contributed by atoms with E-state index in [1.54, 1.807) is 0 Å². The third-order valence-corrected chi connectivity index (χ3v) is 2.84. The van der Waals surface area contributed by atoms with Crippen LogP contribution in [0.5, 0.6) is 0 Å². The molecule has 0 radical (unpaired) electrons. The number of hydrogen-bond acceptors (Lipinski definition) is 4. The van der Waals surface area contributed by atoms with Crippen LogP contribution in [-0.4, -0.2) is 15.9 Å². The summed E-state index contributed by atoms with van der Waals surface area (Å²) in [6.45, 7) is 5.97. The van der Waals surface area contributed by atoms with Gasteiger partial charge in [-0.3, -0.25) is 4.79 Å². The van der Waals surface area contributed by atoms with Gasteiger partial charge in [0.15, 0.2) is 0 Å². The number of nitrogens with one attached hydrogen (secondary N) is 2. The molecule has 0 aliphatic rings. The summed E-state index contributed by atoms with van der Waals surface area (Å²) in [5.41, 5.74) is 2.62. The van der Waals surface area contributed by atoms with Crippen LogP contribution < -0.4 is 10.6 Å². The van der Waals surface area contributed by atoms with Crippen molar-refractivity contribution in [3.63, 3.8) is 0 Å². The Balaban J connectivity index is 1.97. The number of carbonyl (C=O) groups is 1. The molecule has 0 atom stereocenters. The first kappa shape index (κ1) is 15.0. The monoisotopic (exact) mass is 284 g/mol. The largest absolute Gasteiger partial charge is 0.340 e. The number of hydrogen-bond donors (Lipinski definition) is 2. The Hall–Kier alpha value is -2.43. The molecule has 0 aliphatic heterocycles. The van der Waals surface area contributed by atoms with Crippen LogP contribution in [0.15, 0.2) is 36.7 Å². The van der Waals surface area contributed by atoms with Crippen molar-refractivity contribution < 1.29 is 4.79 Å². The van der Waals surface area contributed by atoms with Crippen molar-refractivity contribution in [2.24, 2.45) is 5.92 Å². The van der Waals surface area contributed by atoms with Crippen LogP contribution in [0.3, 0.4) is 0 Å². The molecule has 110 valence electrons. The van der Waals surface area contributed by atoms with E-state index in [1.165, 1.54) is 6.33 Å². The molecule has 0 unspecified atom stereocenters. The molecule has 0 saturated carbocycles. The summed E-state index contributed by atoms with van der Waals surface area (Å²) < 4.78 is 0. The van der Waals surface area contributed by atoms with E-state index in [4.69, 9.17) is 0 Å². The Morgan fingerprint density at radius 2 is 1.81 bits per heavy atom. The molecule has 1 aromatic carbocycles. The Kier molecular flexibility index (Phi) is 4.87. The van der Waals surface area contributed by atoms with Gasteiger partial charge in [-0.05, 0) is 37.1 Å². The van der Waals surface area contributed by atoms with E-state index in [0.717, 1.165) is 22.9 Å². The van der Waals surface area contributed by atoms with Gasteiger partial charge in [0.1, 0.15) is 12.1 Å². The molecule has 0 saturated heterocycles. The van der Waals surface area contributed by atoms with Crippen molar-refractivity contribution in [3.8, 4) is 0 Å². The van der Waals surface area contributed by atoms with Gasteiger partial charge in [0.05, 0.1) is 0 Å². The second kappa shape index (κ2) is 6.83. The zero-order valence-electron chi connectivity index (χ0n) is 12.6. The minimum atomic E-state index is 0.0390. The lowest BCUT2D eigenvalue weighted by atomic mass is 10.1. The average Bonchev–Trinajstić information content (AvgIpc) is 2.40. The summed E-state index contributed by atoms with van der Waals surface area (Å²) >= 11 is 0. The van der Waals surface area contributed by atoms with Gasteiger partial charge in [0.2, 0.25) is 5.91 Å². The Morgan fingerprint density at radius 3 is 2.43 bits per heavy atom. The molecule has 0 bridgehead atoms. The van der Waals surface area contributed by atoms with Gasteiger partial charge >= 0.3 is 0 Å². The number of aryl methyl sites for hydroxylation is 1. The van der Waals surface area contributed by atoms with E-state index in [-0.39, 0.29) is 5.91 Å². The summed E-state index contributed by atoms with van der Waals surface area (Å²) in [6, 6.07) is 9.42. The topological polar surface area (TPSA) is 66.9 Å². The van der Waals surface area contributed by atoms with Crippen LogP contribution in [-0.2, 0) is 4.79 Å². The third kappa shape index (κ3) is 4.87. The van der Waals surface area contributed by atoms with E-state index >= 15 is 0 Å². The van der Waals surface area contributed by atoms with Crippen molar-refractivity contribution in [2.75, 3.05) is 10.6 Å². The summed E-state index contributed by atoms with van der Waals surface area (Å²) in [7, 11) is 0. The number of carbonyl (C=O) groups excluding carboxylic acids is 1. The van der Waals surface area contributed by atoms with E-state index in [0.29, 0.717) is 12.3 Å². The second-order valence-corrected chi connectivity index (χ2v) is 5.39. The van der Waals surface area contributed by atoms with Crippen molar-refractivity contribution in [3.05, 3.63) is 42.4 Å². The highest BCUT2D eigenvalue weighted by atomic mass is 16.1. The number of aromatic nitrogens is 2. The normalized spacial score (nSPS) is 10.5. The zero-order valence-corrected chi connectivity index (χ0v) is 12.6.